The summed E-state index contributed by atoms with van der Waals surface area (Å²) in [6.07, 6.45) is 21.2. The highest BCUT2D eigenvalue weighted by Gasteiger charge is 2.37. The fourth-order valence-electron chi connectivity index (χ4n) is 4.78. The third-order valence-corrected chi connectivity index (χ3v) is 6.52. The van der Waals surface area contributed by atoms with Gasteiger partial charge in [0.25, 0.3) is 0 Å². The van der Waals surface area contributed by atoms with E-state index in [9.17, 15) is 5.11 Å². The van der Waals surface area contributed by atoms with Gasteiger partial charge in [0.15, 0.2) is 0 Å². The molecule has 0 aromatic rings. The van der Waals surface area contributed by atoms with Gasteiger partial charge in [-0.3, -0.25) is 0 Å². The van der Waals surface area contributed by atoms with Crippen LogP contribution in [-0.4, -0.2) is 53.8 Å². The quantitative estimate of drug-likeness (QED) is 0.0875. The Bertz CT molecular complexity index is 606. The van der Waals surface area contributed by atoms with Gasteiger partial charge in [0.2, 0.25) is 0 Å². The number of unbranched alkanes of at least 4 members (excludes halogenated alkanes) is 1. The van der Waals surface area contributed by atoms with Crippen molar-refractivity contribution in [2.75, 3.05) is 32.0 Å². The van der Waals surface area contributed by atoms with Gasteiger partial charge in [0.05, 0.1) is 5.71 Å². The van der Waals surface area contributed by atoms with E-state index in [-0.39, 0.29) is 12.0 Å². The normalized spacial score (nSPS) is 18.0. The van der Waals surface area contributed by atoms with Crippen LogP contribution in [0.2, 0.25) is 0 Å². The maximum atomic E-state index is 10.4. The molecule has 0 aliphatic carbocycles. The number of terminal acetylenes is 1. The molecular formula is C29H54N2O2S. The Balaban J connectivity index is 0. The standard InChI is InChI=1S/C25H46N2O2S.C2H6.C2H2/c1-6-9-15-25(14-7-2,24(8-3)21(4)13-18-30)22(5)26-29-20-23(28)19-27-16-11-10-12-17-27;2*1-2/h8,13,23,28,30H,6-7,9-12,14-20H2,1-5H3;1-2H3;1-2H/b21-13-,24-8+,26-22+;;. The second-order valence-electron chi connectivity index (χ2n) is 8.70. The first-order valence-corrected chi connectivity index (χ1v) is 13.9. The Morgan fingerprint density at radius 3 is 2.24 bits per heavy atom. The van der Waals surface area contributed by atoms with Crippen LogP contribution in [0.15, 0.2) is 28.5 Å². The molecule has 2 atom stereocenters. The molecule has 1 heterocycles. The summed E-state index contributed by atoms with van der Waals surface area (Å²) in [5.74, 6) is 0.731. The zero-order chi connectivity index (χ0) is 26.4. The van der Waals surface area contributed by atoms with Crippen LogP contribution in [0.25, 0.3) is 0 Å². The van der Waals surface area contributed by atoms with Gasteiger partial charge in [-0.2, -0.15) is 12.6 Å². The number of thiol groups is 1. The lowest BCUT2D eigenvalue weighted by atomic mass is 9.67. The molecule has 0 saturated carbocycles. The van der Waals surface area contributed by atoms with Gasteiger partial charge in [0.1, 0.15) is 12.7 Å². The molecule has 5 heteroatoms. The minimum atomic E-state index is -0.497. The smallest absolute Gasteiger partial charge is 0.144 e. The number of piperidine rings is 1. The van der Waals surface area contributed by atoms with Crippen LogP contribution < -0.4 is 0 Å². The molecule has 1 aliphatic heterocycles. The molecule has 0 radical (unpaired) electrons. The average molecular weight is 495 g/mol. The van der Waals surface area contributed by atoms with Crippen molar-refractivity contribution in [1.82, 2.24) is 4.90 Å². The third kappa shape index (κ3) is 12.5. The summed E-state index contributed by atoms with van der Waals surface area (Å²) >= 11 is 4.41. The van der Waals surface area contributed by atoms with E-state index in [0.29, 0.717) is 6.54 Å². The van der Waals surface area contributed by atoms with E-state index in [1.807, 2.05) is 13.8 Å². The van der Waals surface area contributed by atoms with Crippen LogP contribution in [0, 0.1) is 18.3 Å². The first-order chi connectivity index (χ1) is 16.4. The van der Waals surface area contributed by atoms with Crippen molar-refractivity contribution in [2.45, 2.75) is 106 Å². The first kappa shape index (κ1) is 34.9. The van der Waals surface area contributed by atoms with E-state index >= 15 is 0 Å². The van der Waals surface area contributed by atoms with E-state index < -0.39 is 6.10 Å². The molecule has 2 unspecified atom stereocenters. The molecule has 0 spiro atoms. The molecule has 0 amide bonds. The highest BCUT2D eigenvalue weighted by atomic mass is 32.1. The number of rotatable bonds is 14. The second-order valence-corrected chi connectivity index (χ2v) is 9.06. The van der Waals surface area contributed by atoms with Crippen molar-refractivity contribution in [3.63, 3.8) is 0 Å². The predicted octanol–water partition coefficient (Wildman–Crippen LogP) is 7.30. The summed E-state index contributed by atoms with van der Waals surface area (Å²) in [6.45, 7) is 18.0. The fraction of sp³-hybridized carbons (Fsp3) is 0.759. The van der Waals surface area contributed by atoms with E-state index in [4.69, 9.17) is 4.84 Å². The lowest BCUT2D eigenvalue weighted by Gasteiger charge is -2.37. The van der Waals surface area contributed by atoms with Crippen molar-refractivity contribution in [3.05, 3.63) is 23.3 Å². The van der Waals surface area contributed by atoms with Crippen LogP contribution in [0.3, 0.4) is 0 Å². The number of aliphatic hydroxyl groups is 1. The van der Waals surface area contributed by atoms with Gasteiger partial charge in [-0.15, -0.1) is 12.8 Å². The predicted molar refractivity (Wildman–Crippen MR) is 155 cm³/mol. The fourth-order valence-corrected chi connectivity index (χ4v) is 5.06. The van der Waals surface area contributed by atoms with Crippen molar-refractivity contribution in [1.29, 1.82) is 0 Å². The van der Waals surface area contributed by atoms with E-state index in [2.05, 4.69) is 82.3 Å². The van der Waals surface area contributed by atoms with Crippen LogP contribution in [-0.2, 0) is 4.84 Å². The molecule has 0 aromatic heterocycles. The number of hydrogen-bond acceptors (Lipinski definition) is 5. The monoisotopic (exact) mass is 494 g/mol. The van der Waals surface area contributed by atoms with E-state index in [1.165, 1.54) is 30.4 Å². The molecule has 1 aliphatic rings. The molecule has 34 heavy (non-hydrogen) atoms. The maximum absolute atomic E-state index is 10.4. The Morgan fingerprint density at radius 2 is 1.74 bits per heavy atom. The van der Waals surface area contributed by atoms with Crippen LogP contribution >= 0.6 is 12.6 Å². The topological polar surface area (TPSA) is 45.1 Å². The highest BCUT2D eigenvalue weighted by molar-refractivity contribution is 7.80. The van der Waals surface area contributed by atoms with Gasteiger partial charge < -0.3 is 14.8 Å². The van der Waals surface area contributed by atoms with Crippen molar-refractivity contribution >= 4 is 18.3 Å². The summed E-state index contributed by atoms with van der Waals surface area (Å²) in [5.41, 5.74) is 3.51. The number of aliphatic hydroxyl groups excluding tert-OH is 1. The molecular weight excluding hydrogens is 440 g/mol. The van der Waals surface area contributed by atoms with Crippen molar-refractivity contribution in [3.8, 4) is 12.8 Å². The SMILES string of the molecule is C#C.C/C=C(\C(C)=C/CS)C(CCC)(CCCC)/C(C)=N/OCC(O)CN1CCCCC1.CC. The zero-order valence-electron chi connectivity index (χ0n) is 23.3. The van der Waals surface area contributed by atoms with Gasteiger partial charge >= 0.3 is 0 Å². The van der Waals surface area contributed by atoms with Gasteiger partial charge in [0, 0.05) is 17.7 Å². The summed E-state index contributed by atoms with van der Waals surface area (Å²) < 4.78 is 0. The number of nitrogens with zero attached hydrogens (tertiary/aromatic N) is 2. The zero-order valence-corrected chi connectivity index (χ0v) is 24.2. The van der Waals surface area contributed by atoms with Crippen LogP contribution in [0.5, 0.6) is 0 Å². The summed E-state index contributed by atoms with van der Waals surface area (Å²) in [6, 6.07) is 0. The largest absolute Gasteiger partial charge is 0.393 e. The number of allylic oxidation sites excluding steroid dienone is 3. The Kier molecular flexibility index (Phi) is 22.9. The van der Waals surface area contributed by atoms with Gasteiger partial charge in [-0.05, 0) is 65.1 Å². The summed E-state index contributed by atoms with van der Waals surface area (Å²) in [4.78, 5) is 8.05. The lowest BCUT2D eigenvalue weighted by Crippen LogP contribution is -2.38. The molecule has 0 aromatic carbocycles. The number of hydrogen-bond donors (Lipinski definition) is 2. The molecule has 1 saturated heterocycles. The Morgan fingerprint density at radius 1 is 1.12 bits per heavy atom. The first-order valence-electron chi connectivity index (χ1n) is 13.3. The Hall–Kier alpha value is -1.22. The molecule has 0 bridgehead atoms. The summed E-state index contributed by atoms with van der Waals surface area (Å²) in [7, 11) is 0. The Labute approximate surface area is 217 Å². The highest BCUT2D eigenvalue weighted by Crippen LogP contribution is 2.43. The number of oxime groups is 1. The minimum Gasteiger partial charge on any atom is -0.393 e. The van der Waals surface area contributed by atoms with E-state index in [0.717, 1.165) is 56.7 Å². The van der Waals surface area contributed by atoms with Crippen molar-refractivity contribution < 1.29 is 9.94 Å². The molecule has 1 rings (SSSR count). The molecule has 1 N–H and O–H groups in total. The van der Waals surface area contributed by atoms with Gasteiger partial charge in [-0.25, -0.2) is 0 Å². The van der Waals surface area contributed by atoms with E-state index in [1.54, 1.807) is 0 Å². The number of β-amino-alcohol motifs (C(OH)–C–C–N with tert-alkyl or cyclic N) is 1. The molecule has 4 nitrogen and oxygen atoms in total. The van der Waals surface area contributed by atoms with Gasteiger partial charge in [-0.1, -0.05) is 76.3 Å². The average Bonchev–Trinajstić information content (AvgIpc) is 2.86. The van der Waals surface area contributed by atoms with Crippen LogP contribution in [0.1, 0.15) is 99.8 Å². The third-order valence-electron chi connectivity index (χ3n) is 6.34. The molecule has 198 valence electrons. The second kappa shape index (κ2) is 22.3. The maximum Gasteiger partial charge on any atom is 0.144 e. The van der Waals surface area contributed by atoms with Crippen molar-refractivity contribution in [2.24, 2.45) is 10.6 Å². The number of likely N-dealkylation sites (tertiary alicyclic amines) is 1. The minimum absolute atomic E-state index is 0.124. The lowest BCUT2D eigenvalue weighted by molar-refractivity contribution is 0.0148. The molecule has 1 fully saturated rings. The summed E-state index contributed by atoms with van der Waals surface area (Å²) in [5, 5.41) is 15.0. The van der Waals surface area contributed by atoms with Crippen LogP contribution in [0.4, 0.5) is 0 Å².